The molecule has 3 aromatic rings. The molecule has 30 heavy (non-hydrogen) atoms. The van der Waals surface area contributed by atoms with Crippen molar-refractivity contribution in [3.63, 3.8) is 0 Å². The lowest BCUT2D eigenvalue weighted by Crippen LogP contribution is -2.17. The zero-order chi connectivity index (χ0) is 22.1. The molecular formula is C20H20Cl2N2O4S2. The number of pyridine rings is 1. The quantitative estimate of drug-likeness (QED) is 0.504. The summed E-state index contributed by atoms with van der Waals surface area (Å²) in [7, 11) is -3.34. The van der Waals surface area contributed by atoms with Gasteiger partial charge in [0.1, 0.15) is 5.65 Å². The number of fused-ring (bicyclic) bond motifs is 3. The van der Waals surface area contributed by atoms with Gasteiger partial charge < -0.3 is 9.67 Å². The van der Waals surface area contributed by atoms with Gasteiger partial charge in [-0.25, -0.2) is 13.4 Å². The lowest BCUT2D eigenvalue weighted by atomic mass is 9.93. The van der Waals surface area contributed by atoms with Crippen molar-refractivity contribution in [1.29, 1.82) is 0 Å². The number of aryl methyl sites for hydroxylation is 1. The number of nitrogens with zero attached hydrogens (tertiary/aromatic N) is 2. The van der Waals surface area contributed by atoms with E-state index in [1.165, 1.54) is 18.5 Å². The van der Waals surface area contributed by atoms with Crippen molar-refractivity contribution in [2.75, 3.05) is 6.26 Å². The first-order chi connectivity index (χ1) is 14.1. The first-order valence-corrected chi connectivity index (χ1v) is 12.2. The smallest absolute Gasteiger partial charge is 0.304 e. The molecule has 6 nitrogen and oxygen atoms in total. The minimum Gasteiger partial charge on any atom is -0.481 e. The van der Waals surface area contributed by atoms with Crippen LogP contribution in [0.5, 0.6) is 0 Å². The van der Waals surface area contributed by atoms with Crippen LogP contribution in [0.15, 0.2) is 46.3 Å². The van der Waals surface area contributed by atoms with Gasteiger partial charge >= 0.3 is 5.97 Å². The minimum atomic E-state index is -3.34. The zero-order valence-corrected chi connectivity index (χ0v) is 19.3. The van der Waals surface area contributed by atoms with Gasteiger partial charge in [0, 0.05) is 40.9 Å². The number of sulfone groups is 1. The Bertz CT molecular complexity index is 1210. The van der Waals surface area contributed by atoms with Crippen LogP contribution in [-0.2, 0) is 21.2 Å². The van der Waals surface area contributed by atoms with E-state index < -0.39 is 15.8 Å². The summed E-state index contributed by atoms with van der Waals surface area (Å²) in [5.41, 5.74) is 1.50. The molecule has 1 N–H and O–H groups in total. The number of carboxylic acids is 1. The molecule has 1 atom stereocenters. The van der Waals surface area contributed by atoms with Crippen molar-refractivity contribution < 1.29 is 18.3 Å². The largest absolute Gasteiger partial charge is 0.481 e. The summed E-state index contributed by atoms with van der Waals surface area (Å²) in [4.78, 5) is 16.4. The van der Waals surface area contributed by atoms with E-state index in [1.54, 1.807) is 24.3 Å². The average molecular weight is 487 g/mol. The Morgan fingerprint density at radius 1 is 1.27 bits per heavy atom. The highest BCUT2D eigenvalue weighted by molar-refractivity contribution is 7.91. The average Bonchev–Trinajstić information content (AvgIpc) is 3.04. The zero-order valence-electron chi connectivity index (χ0n) is 16.0. The molecule has 4 rings (SSSR count). The van der Waals surface area contributed by atoms with Crippen LogP contribution in [0.3, 0.4) is 0 Å². The van der Waals surface area contributed by atoms with Crippen molar-refractivity contribution in [2.24, 2.45) is 0 Å². The number of halogens is 2. The van der Waals surface area contributed by atoms with Gasteiger partial charge in [-0.1, -0.05) is 23.2 Å². The second kappa shape index (κ2) is 9.18. The number of aromatic nitrogens is 2. The van der Waals surface area contributed by atoms with E-state index in [4.69, 9.17) is 28.3 Å². The Hall–Kier alpha value is -1.74. The molecule has 1 unspecified atom stereocenters. The third kappa shape index (κ3) is 5.11. The molecule has 0 aliphatic carbocycles. The van der Waals surface area contributed by atoms with Gasteiger partial charge in [-0.2, -0.15) is 0 Å². The molecule has 0 saturated heterocycles. The number of thiol groups is 1. The van der Waals surface area contributed by atoms with Crippen LogP contribution in [0, 0.1) is 0 Å². The molecule has 160 valence electrons. The van der Waals surface area contributed by atoms with E-state index in [1.807, 2.05) is 4.57 Å². The van der Waals surface area contributed by atoms with Crippen LogP contribution in [0.4, 0.5) is 0 Å². The number of rotatable bonds is 3. The SMILES string of the molecule is CS(=O)(=O)c1ccnc2c1cc1n2CCCC1CC(=O)O.Sc1ccc(Cl)c(Cl)c1. The summed E-state index contributed by atoms with van der Waals surface area (Å²) >= 11 is 15.3. The van der Waals surface area contributed by atoms with Crippen molar-refractivity contribution in [1.82, 2.24) is 9.55 Å². The van der Waals surface area contributed by atoms with E-state index in [9.17, 15) is 13.2 Å². The molecule has 2 aromatic heterocycles. The number of benzene rings is 1. The summed E-state index contributed by atoms with van der Waals surface area (Å²) < 4.78 is 25.7. The van der Waals surface area contributed by atoms with Crippen LogP contribution in [-0.4, -0.2) is 35.3 Å². The summed E-state index contributed by atoms with van der Waals surface area (Å²) in [5, 5.41) is 10.7. The van der Waals surface area contributed by atoms with E-state index in [2.05, 4.69) is 17.6 Å². The molecular weight excluding hydrogens is 467 g/mol. The number of carbonyl (C=O) groups is 1. The van der Waals surface area contributed by atoms with Crippen LogP contribution in [0.2, 0.25) is 10.0 Å². The second-order valence-corrected chi connectivity index (χ2v) is 10.4. The van der Waals surface area contributed by atoms with Gasteiger partial charge in [-0.05, 0) is 43.2 Å². The van der Waals surface area contributed by atoms with Crippen LogP contribution in [0.25, 0.3) is 11.0 Å². The molecule has 1 aliphatic rings. The van der Waals surface area contributed by atoms with Crippen molar-refractivity contribution in [3.05, 3.63) is 52.3 Å². The lowest BCUT2D eigenvalue weighted by Gasteiger charge is -2.23. The first-order valence-electron chi connectivity index (χ1n) is 9.12. The van der Waals surface area contributed by atoms with Gasteiger partial charge in [0.15, 0.2) is 9.84 Å². The molecule has 1 aliphatic heterocycles. The monoisotopic (exact) mass is 486 g/mol. The van der Waals surface area contributed by atoms with E-state index in [0.717, 1.165) is 30.0 Å². The molecule has 0 saturated carbocycles. The maximum atomic E-state index is 11.9. The maximum Gasteiger partial charge on any atom is 0.304 e. The number of aliphatic carboxylic acids is 1. The molecule has 0 bridgehead atoms. The molecule has 1 aromatic carbocycles. The van der Waals surface area contributed by atoms with Gasteiger partial charge in [-0.15, -0.1) is 12.6 Å². The molecule has 0 fully saturated rings. The fraction of sp³-hybridized carbons (Fsp3) is 0.300. The fourth-order valence-corrected chi connectivity index (χ4v) is 5.02. The Labute approximate surface area is 190 Å². The normalized spacial score (nSPS) is 15.9. The third-order valence-corrected chi connectivity index (χ3v) is 7.04. The van der Waals surface area contributed by atoms with Crippen LogP contribution < -0.4 is 0 Å². The fourth-order valence-electron chi connectivity index (χ4n) is 3.59. The first kappa shape index (κ1) is 22.9. The van der Waals surface area contributed by atoms with Gasteiger partial charge in [0.2, 0.25) is 0 Å². The van der Waals surface area contributed by atoms with Gasteiger partial charge in [0.05, 0.1) is 21.4 Å². The standard InChI is InChI=1S/C14H16N2O4S.C6H4Cl2S/c1-21(19,20)12-4-5-15-14-10(12)8-11-9(7-13(17)18)3-2-6-16(11)14;7-5-2-1-4(9)3-6(5)8/h4-5,8-9H,2-3,6-7H2,1H3,(H,17,18);1-3,9H. The molecule has 0 spiro atoms. The van der Waals surface area contributed by atoms with E-state index >= 15 is 0 Å². The summed E-state index contributed by atoms with van der Waals surface area (Å²) in [6.45, 7) is 0.745. The lowest BCUT2D eigenvalue weighted by molar-refractivity contribution is -0.137. The van der Waals surface area contributed by atoms with Crippen molar-refractivity contribution in [3.8, 4) is 0 Å². The summed E-state index contributed by atoms with van der Waals surface area (Å²) in [5.74, 6) is -0.923. The molecule has 10 heteroatoms. The third-order valence-electron chi connectivity index (χ3n) is 4.86. The Balaban J connectivity index is 0.000000239. The number of hydrogen-bond donors (Lipinski definition) is 2. The van der Waals surface area contributed by atoms with Crippen molar-refractivity contribution in [2.45, 2.75) is 41.5 Å². The van der Waals surface area contributed by atoms with E-state index in [-0.39, 0.29) is 17.2 Å². The minimum absolute atomic E-state index is 0.0600. The predicted octanol–water partition coefficient (Wildman–Crippen LogP) is 5.07. The number of hydrogen-bond acceptors (Lipinski definition) is 5. The van der Waals surface area contributed by atoms with Crippen LogP contribution >= 0.6 is 35.8 Å². The molecule has 0 radical (unpaired) electrons. The topological polar surface area (TPSA) is 89.3 Å². The summed E-state index contributed by atoms with van der Waals surface area (Å²) in [6, 6.07) is 8.50. The second-order valence-electron chi connectivity index (χ2n) is 7.07. The Morgan fingerprint density at radius 2 is 2.00 bits per heavy atom. The Kier molecular flexibility index (Phi) is 7.02. The van der Waals surface area contributed by atoms with Crippen molar-refractivity contribution >= 4 is 62.7 Å². The maximum absolute atomic E-state index is 11.9. The highest BCUT2D eigenvalue weighted by Gasteiger charge is 2.27. The predicted molar refractivity (Wildman–Crippen MR) is 121 cm³/mol. The molecule has 0 amide bonds. The Morgan fingerprint density at radius 3 is 2.60 bits per heavy atom. The van der Waals surface area contributed by atoms with Gasteiger partial charge in [-0.3, -0.25) is 4.79 Å². The highest BCUT2D eigenvalue weighted by Crippen LogP contribution is 2.36. The van der Waals surface area contributed by atoms with E-state index in [0.29, 0.717) is 21.1 Å². The molecule has 3 heterocycles. The number of carboxylic acid groups (broad SMARTS) is 1. The summed E-state index contributed by atoms with van der Waals surface area (Å²) in [6.07, 6.45) is 4.40. The van der Waals surface area contributed by atoms with Gasteiger partial charge in [0.25, 0.3) is 0 Å². The highest BCUT2D eigenvalue weighted by atomic mass is 35.5. The van der Waals surface area contributed by atoms with Crippen LogP contribution in [0.1, 0.15) is 30.9 Å².